The van der Waals surface area contributed by atoms with E-state index in [9.17, 15) is 9.90 Å². The molecule has 0 aliphatic rings. The van der Waals surface area contributed by atoms with E-state index >= 15 is 0 Å². The molecule has 0 saturated heterocycles. The van der Waals surface area contributed by atoms with Gasteiger partial charge in [-0.2, -0.15) is 0 Å². The third kappa shape index (κ3) is 3.44. The van der Waals surface area contributed by atoms with Gasteiger partial charge in [0.05, 0.1) is 12.0 Å². The minimum absolute atomic E-state index is 0.384. The lowest BCUT2D eigenvalue weighted by molar-refractivity contribution is -0.144. The molecule has 1 aromatic carbocycles. The van der Waals surface area contributed by atoms with Crippen LogP contribution in [-0.4, -0.2) is 16.2 Å². The monoisotopic (exact) mass is 320 g/mol. The van der Waals surface area contributed by atoms with Gasteiger partial charge in [-0.25, -0.2) is 0 Å². The first-order chi connectivity index (χ1) is 7.84. The van der Waals surface area contributed by atoms with Crippen LogP contribution >= 0.6 is 27.5 Å². The second kappa shape index (κ2) is 5.85. The lowest BCUT2D eigenvalue weighted by Crippen LogP contribution is -2.24. The van der Waals surface area contributed by atoms with Crippen LogP contribution in [0.4, 0.5) is 0 Å². The molecule has 0 bridgehead atoms. The summed E-state index contributed by atoms with van der Waals surface area (Å²) in [6.45, 7) is 3.30. The normalized spacial score (nSPS) is 16.3. The van der Waals surface area contributed by atoms with Crippen molar-refractivity contribution < 1.29 is 15.0 Å². The first-order valence-electron chi connectivity index (χ1n) is 5.20. The van der Waals surface area contributed by atoms with Gasteiger partial charge in [0, 0.05) is 9.50 Å². The summed E-state index contributed by atoms with van der Waals surface area (Å²) in [6, 6.07) is 5.05. The van der Waals surface area contributed by atoms with Gasteiger partial charge in [0.25, 0.3) is 0 Å². The van der Waals surface area contributed by atoms with Gasteiger partial charge in [0.15, 0.2) is 0 Å². The van der Waals surface area contributed by atoms with E-state index in [1.165, 1.54) is 0 Å². The van der Waals surface area contributed by atoms with Gasteiger partial charge in [-0.1, -0.05) is 47.4 Å². The molecule has 94 valence electrons. The first-order valence-corrected chi connectivity index (χ1v) is 6.37. The molecule has 0 aliphatic carbocycles. The van der Waals surface area contributed by atoms with E-state index in [2.05, 4.69) is 15.9 Å². The minimum atomic E-state index is -0.915. The molecule has 3 atom stereocenters. The Labute approximate surface area is 114 Å². The van der Waals surface area contributed by atoms with Gasteiger partial charge >= 0.3 is 5.97 Å². The topological polar surface area (TPSA) is 57.5 Å². The zero-order chi connectivity index (χ0) is 13.2. The van der Waals surface area contributed by atoms with Crippen molar-refractivity contribution in [2.24, 2.45) is 11.8 Å². The maximum Gasteiger partial charge on any atom is 0.306 e. The van der Waals surface area contributed by atoms with Crippen molar-refractivity contribution >= 4 is 33.5 Å². The van der Waals surface area contributed by atoms with Gasteiger partial charge in [-0.15, -0.1) is 0 Å². The molecule has 3 nitrogen and oxygen atoms in total. The summed E-state index contributed by atoms with van der Waals surface area (Å²) in [7, 11) is 0. The number of carboxylic acids is 1. The van der Waals surface area contributed by atoms with E-state index in [-0.39, 0.29) is 5.92 Å². The zero-order valence-corrected chi connectivity index (χ0v) is 11.9. The Morgan fingerprint density at radius 2 is 2.00 bits per heavy atom. The molecule has 0 aromatic heterocycles. The summed E-state index contributed by atoms with van der Waals surface area (Å²) in [5.74, 6) is -1.92. The fourth-order valence-corrected chi connectivity index (χ4v) is 2.44. The van der Waals surface area contributed by atoms with Crippen molar-refractivity contribution in [1.82, 2.24) is 0 Å². The lowest BCUT2D eigenvalue weighted by atomic mass is 9.87. The quantitative estimate of drug-likeness (QED) is 0.892. The van der Waals surface area contributed by atoms with E-state index in [1.807, 2.05) is 0 Å². The van der Waals surface area contributed by atoms with Crippen LogP contribution in [-0.2, 0) is 4.79 Å². The summed E-state index contributed by atoms with van der Waals surface area (Å²) in [5.41, 5.74) is 0.648. The van der Waals surface area contributed by atoms with Crippen LogP contribution in [0.15, 0.2) is 22.7 Å². The highest BCUT2D eigenvalue weighted by atomic mass is 79.9. The molecule has 0 fully saturated rings. The molecule has 17 heavy (non-hydrogen) atoms. The van der Waals surface area contributed by atoms with Crippen LogP contribution in [0.1, 0.15) is 25.5 Å². The Morgan fingerprint density at radius 3 is 2.47 bits per heavy atom. The number of carboxylic acid groups (broad SMARTS) is 1. The molecular formula is C12H14BrClO3. The summed E-state index contributed by atoms with van der Waals surface area (Å²) in [5, 5.41) is 19.6. The number of hydrogen-bond acceptors (Lipinski definition) is 2. The van der Waals surface area contributed by atoms with E-state index < -0.39 is 18.0 Å². The standard InChI is InChI=1S/C12H14BrClO3/c1-6(7(2)12(16)17)11(15)9-4-3-8(14)5-10(9)13/h3-7,11,15H,1-2H3,(H,16,17). The van der Waals surface area contributed by atoms with Crippen LogP contribution in [0.25, 0.3) is 0 Å². The van der Waals surface area contributed by atoms with Crippen LogP contribution in [0.2, 0.25) is 5.02 Å². The molecular weight excluding hydrogens is 307 g/mol. The number of halogens is 2. The Balaban J connectivity index is 2.96. The van der Waals surface area contributed by atoms with Crippen LogP contribution in [0.3, 0.4) is 0 Å². The summed E-state index contributed by atoms with van der Waals surface area (Å²) >= 11 is 9.12. The highest BCUT2D eigenvalue weighted by Crippen LogP contribution is 2.33. The Bertz CT molecular complexity index is 422. The lowest BCUT2D eigenvalue weighted by Gasteiger charge is -2.23. The number of rotatable bonds is 4. The number of aliphatic carboxylic acids is 1. The largest absolute Gasteiger partial charge is 0.481 e. The molecule has 1 rings (SSSR count). The third-order valence-electron chi connectivity index (χ3n) is 2.96. The highest BCUT2D eigenvalue weighted by molar-refractivity contribution is 9.10. The second-order valence-corrected chi connectivity index (χ2v) is 5.39. The van der Waals surface area contributed by atoms with Crippen molar-refractivity contribution in [2.45, 2.75) is 20.0 Å². The molecule has 3 unspecified atom stereocenters. The predicted molar refractivity (Wildman–Crippen MR) is 70.1 cm³/mol. The van der Waals surface area contributed by atoms with Crippen molar-refractivity contribution in [3.8, 4) is 0 Å². The number of aliphatic hydroxyl groups excluding tert-OH is 1. The molecule has 0 saturated carbocycles. The summed E-state index contributed by atoms with van der Waals surface area (Å²) in [6.07, 6.45) is -0.840. The fraction of sp³-hybridized carbons (Fsp3) is 0.417. The third-order valence-corrected chi connectivity index (χ3v) is 3.88. The maximum absolute atomic E-state index is 10.9. The van der Waals surface area contributed by atoms with Crippen molar-refractivity contribution in [3.05, 3.63) is 33.3 Å². The second-order valence-electron chi connectivity index (χ2n) is 4.10. The van der Waals surface area contributed by atoms with Gasteiger partial charge < -0.3 is 10.2 Å². The first kappa shape index (κ1) is 14.5. The van der Waals surface area contributed by atoms with Gasteiger partial charge in [-0.05, 0) is 23.6 Å². The fourth-order valence-electron chi connectivity index (χ4n) is 1.52. The molecule has 5 heteroatoms. The van der Waals surface area contributed by atoms with Gasteiger partial charge in [-0.3, -0.25) is 4.79 Å². The van der Waals surface area contributed by atoms with Gasteiger partial charge in [0.1, 0.15) is 0 Å². The molecule has 0 amide bonds. The van der Waals surface area contributed by atoms with Crippen molar-refractivity contribution in [2.75, 3.05) is 0 Å². The number of hydrogen-bond donors (Lipinski definition) is 2. The molecule has 2 N–H and O–H groups in total. The average Bonchev–Trinajstić information content (AvgIpc) is 2.26. The molecule has 1 aromatic rings. The predicted octanol–water partition coefficient (Wildman–Crippen LogP) is 3.49. The zero-order valence-electron chi connectivity index (χ0n) is 9.52. The Kier molecular flexibility index (Phi) is 4.98. The molecule has 0 heterocycles. The van der Waals surface area contributed by atoms with Crippen molar-refractivity contribution in [3.63, 3.8) is 0 Å². The van der Waals surface area contributed by atoms with Crippen LogP contribution < -0.4 is 0 Å². The van der Waals surface area contributed by atoms with E-state index in [0.29, 0.717) is 15.1 Å². The maximum atomic E-state index is 10.9. The number of carbonyl (C=O) groups is 1. The van der Waals surface area contributed by atoms with Crippen LogP contribution in [0, 0.1) is 11.8 Å². The number of benzene rings is 1. The summed E-state index contributed by atoms with van der Waals surface area (Å²) < 4.78 is 0.682. The Hall–Kier alpha value is -0.580. The highest BCUT2D eigenvalue weighted by Gasteiger charge is 2.28. The molecule has 0 spiro atoms. The SMILES string of the molecule is CC(C(=O)O)C(C)C(O)c1ccc(Cl)cc1Br. The van der Waals surface area contributed by atoms with Crippen LogP contribution in [0.5, 0.6) is 0 Å². The van der Waals surface area contributed by atoms with E-state index in [0.717, 1.165) is 0 Å². The van der Waals surface area contributed by atoms with Gasteiger partial charge in [0.2, 0.25) is 0 Å². The van der Waals surface area contributed by atoms with E-state index in [4.69, 9.17) is 16.7 Å². The smallest absolute Gasteiger partial charge is 0.306 e. The van der Waals surface area contributed by atoms with Crippen molar-refractivity contribution in [1.29, 1.82) is 0 Å². The average molecular weight is 322 g/mol. The summed E-state index contributed by atoms with van der Waals surface area (Å²) in [4.78, 5) is 10.9. The molecule has 0 radical (unpaired) electrons. The minimum Gasteiger partial charge on any atom is -0.481 e. The Morgan fingerprint density at radius 1 is 1.41 bits per heavy atom. The van der Waals surface area contributed by atoms with E-state index in [1.54, 1.807) is 32.0 Å². The molecule has 0 aliphatic heterocycles. The number of aliphatic hydroxyl groups is 1.